The van der Waals surface area contributed by atoms with Crippen molar-refractivity contribution in [1.29, 1.82) is 0 Å². The van der Waals surface area contributed by atoms with E-state index in [4.69, 9.17) is 0 Å². The summed E-state index contributed by atoms with van der Waals surface area (Å²) in [7, 11) is 0. The molecule has 0 unspecified atom stereocenters. The van der Waals surface area contributed by atoms with Gasteiger partial charge in [0.15, 0.2) is 0 Å². The van der Waals surface area contributed by atoms with E-state index in [1.54, 1.807) is 0 Å². The van der Waals surface area contributed by atoms with Crippen LogP contribution in [0, 0.1) is 0 Å². The molecule has 1 nitrogen and oxygen atoms in total. The van der Waals surface area contributed by atoms with Crippen molar-refractivity contribution in [2.75, 3.05) is 13.1 Å². The van der Waals surface area contributed by atoms with Gasteiger partial charge in [-0.25, -0.2) is 0 Å². The van der Waals surface area contributed by atoms with E-state index in [2.05, 4.69) is 47.4 Å². The van der Waals surface area contributed by atoms with Gasteiger partial charge in [-0.05, 0) is 43.6 Å². The number of hydrogen-bond donors (Lipinski definition) is 0. The molecule has 1 aliphatic heterocycles. The molecule has 0 spiro atoms. The lowest BCUT2D eigenvalue weighted by molar-refractivity contribution is 0.222. The molecule has 1 saturated heterocycles. The number of benzene rings is 1. The van der Waals surface area contributed by atoms with Gasteiger partial charge in [0.05, 0.1) is 0 Å². The fraction of sp³-hybridized carbons (Fsp3) is 0.375. The summed E-state index contributed by atoms with van der Waals surface area (Å²) in [4.78, 5) is 5.47. The van der Waals surface area contributed by atoms with E-state index in [0.717, 1.165) is 6.54 Å². The maximum Gasteiger partial charge on any atom is 0.0346 e. The Morgan fingerprint density at radius 1 is 0.889 bits per heavy atom. The van der Waals surface area contributed by atoms with Gasteiger partial charge in [-0.2, -0.15) is 0 Å². The lowest BCUT2D eigenvalue weighted by Gasteiger charge is -2.25. The molecular formula is C16H19NS. The molecule has 1 aromatic carbocycles. The van der Waals surface area contributed by atoms with Crippen LogP contribution in [0.3, 0.4) is 0 Å². The molecule has 3 rings (SSSR count). The van der Waals surface area contributed by atoms with Crippen molar-refractivity contribution < 1.29 is 0 Å². The maximum absolute atomic E-state index is 2.59. The number of thiophene rings is 1. The van der Waals surface area contributed by atoms with Gasteiger partial charge >= 0.3 is 0 Å². The third-order valence-corrected chi connectivity index (χ3v) is 4.67. The summed E-state index contributed by atoms with van der Waals surface area (Å²) in [5.41, 5.74) is 1.34. The Labute approximate surface area is 113 Å². The van der Waals surface area contributed by atoms with Gasteiger partial charge in [-0.15, -0.1) is 11.3 Å². The van der Waals surface area contributed by atoms with E-state index < -0.39 is 0 Å². The number of likely N-dealkylation sites (tertiary alicyclic amines) is 1. The number of nitrogens with zero attached hydrogens (tertiary/aromatic N) is 1. The molecule has 2 heteroatoms. The van der Waals surface area contributed by atoms with Crippen molar-refractivity contribution in [3.63, 3.8) is 0 Å². The Hall–Kier alpha value is -1.12. The average molecular weight is 257 g/mol. The van der Waals surface area contributed by atoms with Gasteiger partial charge in [0.25, 0.3) is 0 Å². The first kappa shape index (κ1) is 11.9. The van der Waals surface area contributed by atoms with Crippen molar-refractivity contribution in [3.8, 4) is 10.4 Å². The van der Waals surface area contributed by atoms with Crippen molar-refractivity contribution >= 4 is 11.3 Å². The van der Waals surface area contributed by atoms with Crippen LogP contribution in [0.2, 0.25) is 0 Å². The summed E-state index contributed by atoms with van der Waals surface area (Å²) in [6.07, 6.45) is 4.16. The molecule has 18 heavy (non-hydrogen) atoms. The largest absolute Gasteiger partial charge is 0.298 e. The zero-order valence-corrected chi connectivity index (χ0v) is 11.5. The number of rotatable bonds is 3. The highest BCUT2D eigenvalue weighted by molar-refractivity contribution is 7.15. The van der Waals surface area contributed by atoms with E-state index in [9.17, 15) is 0 Å². The molecule has 2 heterocycles. The van der Waals surface area contributed by atoms with Crippen LogP contribution in [0.25, 0.3) is 10.4 Å². The van der Waals surface area contributed by atoms with E-state index in [-0.39, 0.29) is 0 Å². The minimum absolute atomic E-state index is 1.14. The third kappa shape index (κ3) is 2.82. The monoisotopic (exact) mass is 257 g/mol. The second-order valence-electron chi connectivity index (χ2n) is 4.97. The van der Waals surface area contributed by atoms with Gasteiger partial charge in [0.2, 0.25) is 0 Å². The molecule has 1 aromatic heterocycles. The van der Waals surface area contributed by atoms with Crippen LogP contribution in [-0.2, 0) is 6.54 Å². The molecule has 0 aliphatic carbocycles. The van der Waals surface area contributed by atoms with E-state index >= 15 is 0 Å². The zero-order chi connectivity index (χ0) is 12.2. The molecule has 2 aromatic rings. The Morgan fingerprint density at radius 2 is 1.67 bits per heavy atom. The Morgan fingerprint density at radius 3 is 2.44 bits per heavy atom. The smallest absolute Gasteiger partial charge is 0.0346 e. The summed E-state index contributed by atoms with van der Waals surface area (Å²) in [6, 6.07) is 15.2. The molecular weight excluding hydrogens is 238 g/mol. The van der Waals surface area contributed by atoms with Crippen LogP contribution >= 0.6 is 11.3 Å². The predicted octanol–water partition coefficient (Wildman–Crippen LogP) is 4.40. The predicted molar refractivity (Wildman–Crippen MR) is 78.9 cm³/mol. The first-order valence-corrected chi connectivity index (χ1v) is 7.60. The minimum atomic E-state index is 1.14. The van der Waals surface area contributed by atoms with Crippen molar-refractivity contribution in [3.05, 3.63) is 47.3 Å². The molecule has 1 fully saturated rings. The lowest BCUT2D eigenvalue weighted by Crippen LogP contribution is -2.28. The SMILES string of the molecule is c1ccc(-c2ccc(CN3CCCCC3)s2)cc1. The highest BCUT2D eigenvalue weighted by Crippen LogP contribution is 2.29. The van der Waals surface area contributed by atoms with E-state index in [0.29, 0.717) is 0 Å². The highest BCUT2D eigenvalue weighted by atomic mass is 32.1. The van der Waals surface area contributed by atoms with Crippen molar-refractivity contribution in [2.24, 2.45) is 0 Å². The molecule has 0 bridgehead atoms. The van der Waals surface area contributed by atoms with Crippen LogP contribution in [0.4, 0.5) is 0 Å². The zero-order valence-electron chi connectivity index (χ0n) is 10.6. The molecule has 1 aliphatic rings. The fourth-order valence-corrected chi connectivity index (χ4v) is 3.61. The molecule has 0 saturated carbocycles. The lowest BCUT2D eigenvalue weighted by atomic mass is 10.1. The second-order valence-corrected chi connectivity index (χ2v) is 6.14. The first-order valence-electron chi connectivity index (χ1n) is 6.78. The van der Waals surface area contributed by atoms with Crippen molar-refractivity contribution in [2.45, 2.75) is 25.8 Å². The van der Waals surface area contributed by atoms with E-state index in [1.165, 1.54) is 47.7 Å². The van der Waals surface area contributed by atoms with Crippen LogP contribution in [0.15, 0.2) is 42.5 Å². The summed E-state index contributed by atoms with van der Waals surface area (Å²) in [5.74, 6) is 0. The van der Waals surface area contributed by atoms with Crippen LogP contribution in [0.5, 0.6) is 0 Å². The van der Waals surface area contributed by atoms with Gasteiger partial charge in [-0.3, -0.25) is 4.90 Å². The average Bonchev–Trinajstić information content (AvgIpc) is 2.89. The van der Waals surface area contributed by atoms with Gasteiger partial charge in [-0.1, -0.05) is 36.8 Å². The van der Waals surface area contributed by atoms with Crippen LogP contribution in [-0.4, -0.2) is 18.0 Å². The summed E-state index contributed by atoms with van der Waals surface area (Å²) >= 11 is 1.94. The quantitative estimate of drug-likeness (QED) is 0.787. The molecule has 0 atom stereocenters. The summed E-state index contributed by atoms with van der Waals surface area (Å²) in [6.45, 7) is 3.69. The normalized spacial score (nSPS) is 16.9. The first-order chi connectivity index (χ1) is 8.92. The third-order valence-electron chi connectivity index (χ3n) is 3.55. The Bertz CT molecular complexity index is 483. The number of piperidine rings is 1. The van der Waals surface area contributed by atoms with Gasteiger partial charge in [0, 0.05) is 16.3 Å². The second kappa shape index (κ2) is 5.68. The standard InChI is InChI=1S/C16H19NS/c1-3-7-14(8-4-1)16-10-9-15(18-16)13-17-11-5-2-6-12-17/h1,3-4,7-10H,2,5-6,11-13H2. The maximum atomic E-state index is 2.59. The van der Waals surface area contributed by atoms with E-state index in [1.807, 2.05) is 11.3 Å². The van der Waals surface area contributed by atoms with Crippen molar-refractivity contribution in [1.82, 2.24) is 4.90 Å². The topological polar surface area (TPSA) is 3.24 Å². The molecule has 0 amide bonds. The summed E-state index contributed by atoms with van der Waals surface area (Å²) in [5, 5.41) is 0. The Balaban J connectivity index is 1.69. The van der Waals surface area contributed by atoms with Gasteiger partial charge < -0.3 is 0 Å². The highest BCUT2D eigenvalue weighted by Gasteiger charge is 2.11. The number of hydrogen-bond acceptors (Lipinski definition) is 2. The molecule has 94 valence electrons. The fourth-order valence-electron chi connectivity index (χ4n) is 2.56. The molecule has 0 radical (unpaired) electrons. The van der Waals surface area contributed by atoms with Gasteiger partial charge in [0.1, 0.15) is 0 Å². The summed E-state index contributed by atoms with van der Waals surface area (Å²) < 4.78 is 0. The molecule has 0 N–H and O–H groups in total. The van der Waals surface area contributed by atoms with Crippen LogP contribution < -0.4 is 0 Å². The minimum Gasteiger partial charge on any atom is -0.298 e. The Kier molecular flexibility index (Phi) is 3.77. The van der Waals surface area contributed by atoms with Crippen LogP contribution in [0.1, 0.15) is 24.1 Å².